The van der Waals surface area contributed by atoms with Crippen LogP contribution in [0.15, 0.2) is 12.2 Å². The molecule has 1 heterocycles. The van der Waals surface area contributed by atoms with Gasteiger partial charge in [0.1, 0.15) is 24.4 Å². The van der Waals surface area contributed by atoms with Gasteiger partial charge in [0.05, 0.1) is 25.4 Å². The van der Waals surface area contributed by atoms with Crippen molar-refractivity contribution in [3.63, 3.8) is 0 Å². The van der Waals surface area contributed by atoms with E-state index < -0.39 is 49.5 Å². The van der Waals surface area contributed by atoms with Crippen LogP contribution in [0.5, 0.6) is 0 Å². The molecule has 0 aromatic carbocycles. The van der Waals surface area contributed by atoms with Crippen LogP contribution in [0.25, 0.3) is 0 Å². The highest BCUT2D eigenvalue weighted by atomic mass is 16.7. The molecule has 2 unspecified atom stereocenters. The molecule has 0 aromatic rings. The second kappa shape index (κ2) is 23.5. The number of nitrogens with one attached hydrogen (secondary N) is 1. The summed E-state index contributed by atoms with van der Waals surface area (Å²) < 4.78 is 11.1. The van der Waals surface area contributed by atoms with E-state index in [2.05, 4.69) is 19.2 Å². The molecule has 0 saturated carbocycles. The maximum atomic E-state index is 12.7. The average Bonchev–Trinajstić information content (AvgIpc) is 2.95. The number of aliphatic hydroxyl groups is 5. The van der Waals surface area contributed by atoms with E-state index in [0.717, 1.165) is 38.5 Å². The zero-order chi connectivity index (χ0) is 29.6. The Kier molecular flexibility index (Phi) is 21.7. The molecule has 7 atom stereocenters. The van der Waals surface area contributed by atoms with E-state index in [0.29, 0.717) is 6.42 Å². The highest BCUT2D eigenvalue weighted by Crippen LogP contribution is 2.22. The third-order valence-corrected chi connectivity index (χ3v) is 7.61. The largest absolute Gasteiger partial charge is 0.394 e. The molecule has 1 fully saturated rings. The van der Waals surface area contributed by atoms with Crippen molar-refractivity contribution in [2.24, 2.45) is 0 Å². The molecule has 9 nitrogen and oxygen atoms in total. The molecule has 1 aliphatic rings. The van der Waals surface area contributed by atoms with Gasteiger partial charge in [-0.05, 0) is 19.3 Å². The zero-order valence-corrected chi connectivity index (χ0v) is 25.1. The Morgan fingerprint density at radius 3 is 1.95 bits per heavy atom. The summed E-state index contributed by atoms with van der Waals surface area (Å²) in [6.07, 6.45) is 14.2. The number of ether oxygens (including phenoxy) is 2. The molecule has 0 bridgehead atoms. The van der Waals surface area contributed by atoms with Crippen LogP contribution in [0.2, 0.25) is 0 Å². The van der Waals surface area contributed by atoms with Crippen LogP contribution in [0.1, 0.15) is 123 Å². The Hall–Kier alpha value is -1.07. The highest BCUT2D eigenvalue weighted by Gasteiger charge is 2.44. The Balaban J connectivity index is 2.58. The number of unbranched alkanes of at least 4 members (excludes halogenated alkanes) is 14. The number of hydrogen-bond donors (Lipinski definition) is 6. The van der Waals surface area contributed by atoms with Gasteiger partial charge in [0.2, 0.25) is 5.91 Å². The van der Waals surface area contributed by atoms with E-state index in [1.165, 1.54) is 64.2 Å². The van der Waals surface area contributed by atoms with Gasteiger partial charge < -0.3 is 40.3 Å². The number of rotatable bonds is 24. The smallest absolute Gasteiger partial charge is 0.220 e. The number of aliphatic hydroxyl groups excluding tert-OH is 5. The molecule has 236 valence electrons. The Bertz CT molecular complexity index is 647. The van der Waals surface area contributed by atoms with Crippen molar-refractivity contribution in [1.29, 1.82) is 0 Å². The molecule has 1 saturated heterocycles. The first-order valence-electron chi connectivity index (χ1n) is 15.9. The van der Waals surface area contributed by atoms with E-state index >= 15 is 0 Å². The van der Waals surface area contributed by atoms with Crippen LogP contribution in [0.4, 0.5) is 0 Å². The van der Waals surface area contributed by atoms with Gasteiger partial charge in [-0.2, -0.15) is 0 Å². The minimum atomic E-state index is -1.56. The summed E-state index contributed by atoms with van der Waals surface area (Å²) >= 11 is 0. The first-order valence-corrected chi connectivity index (χ1v) is 15.9. The number of hydrogen-bond acceptors (Lipinski definition) is 8. The van der Waals surface area contributed by atoms with Gasteiger partial charge in [-0.15, -0.1) is 0 Å². The maximum Gasteiger partial charge on any atom is 0.220 e. The Morgan fingerprint density at radius 2 is 1.38 bits per heavy atom. The van der Waals surface area contributed by atoms with Gasteiger partial charge in [0, 0.05) is 6.42 Å². The van der Waals surface area contributed by atoms with Gasteiger partial charge in [-0.25, -0.2) is 0 Å². The monoisotopic (exact) mass is 573 g/mol. The molecular weight excluding hydrogens is 514 g/mol. The normalized spacial score (nSPS) is 24.8. The van der Waals surface area contributed by atoms with E-state index in [9.17, 15) is 30.3 Å². The van der Waals surface area contributed by atoms with Gasteiger partial charge in [0.15, 0.2) is 6.29 Å². The van der Waals surface area contributed by atoms with Crippen LogP contribution in [0, 0.1) is 0 Å². The van der Waals surface area contributed by atoms with Gasteiger partial charge in [-0.1, -0.05) is 109 Å². The van der Waals surface area contributed by atoms with Gasteiger partial charge >= 0.3 is 0 Å². The lowest BCUT2D eigenvalue weighted by Gasteiger charge is -2.40. The fourth-order valence-electron chi connectivity index (χ4n) is 4.92. The number of amides is 1. The molecule has 9 heteroatoms. The van der Waals surface area contributed by atoms with Crippen LogP contribution in [0.3, 0.4) is 0 Å². The SMILES string of the molecule is CCCCCCCCC/C=C/[C@@H](O)[C@H](CO[C@@H]1O[C@H](CO)[C@@H](O)C(O)C1O)NC(=O)CCCCCCCCCC. The molecule has 1 rings (SSSR count). The Morgan fingerprint density at radius 1 is 0.825 bits per heavy atom. The predicted molar refractivity (Wildman–Crippen MR) is 157 cm³/mol. The van der Waals surface area contributed by atoms with Crippen molar-refractivity contribution in [2.45, 2.75) is 166 Å². The summed E-state index contributed by atoms with van der Waals surface area (Å²) in [5.41, 5.74) is 0. The molecule has 0 aliphatic carbocycles. The van der Waals surface area contributed by atoms with Gasteiger partial charge in [-0.3, -0.25) is 4.79 Å². The second-order valence-corrected chi connectivity index (χ2v) is 11.3. The molecule has 0 aromatic heterocycles. The molecule has 0 spiro atoms. The molecule has 0 radical (unpaired) electrons. The van der Waals surface area contributed by atoms with E-state index in [4.69, 9.17) is 9.47 Å². The van der Waals surface area contributed by atoms with Crippen molar-refractivity contribution in [3.05, 3.63) is 12.2 Å². The Labute approximate surface area is 242 Å². The molecule has 40 heavy (non-hydrogen) atoms. The molecular formula is C31H59NO8. The molecule has 1 aliphatic heterocycles. The molecule has 1 amide bonds. The van der Waals surface area contributed by atoms with Crippen LogP contribution >= 0.6 is 0 Å². The van der Waals surface area contributed by atoms with Crippen molar-refractivity contribution in [1.82, 2.24) is 5.32 Å². The number of allylic oxidation sites excluding steroid dienone is 1. The van der Waals surface area contributed by atoms with Crippen LogP contribution < -0.4 is 5.32 Å². The average molecular weight is 574 g/mol. The van der Waals surface area contributed by atoms with Crippen LogP contribution in [-0.4, -0.2) is 87.5 Å². The first kappa shape index (κ1) is 37.0. The quantitative estimate of drug-likeness (QED) is 0.0753. The summed E-state index contributed by atoms with van der Waals surface area (Å²) in [4.78, 5) is 12.7. The second-order valence-electron chi connectivity index (χ2n) is 11.3. The summed E-state index contributed by atoms with van der Waals surface area (Å²) in [6, 6.07) is -0.792. The fourth-order valence-corrected chi connectivity index (χ4v) is 4.92. The standard InChI is InChI=1S/C31H59NO8/c1-3-5-7-9-11-13-14-16-18-20-25(34)24(32-27(35)21-19-17-15-12-10-8-6-4-2)23-39-31-30(38)29(37)28(36)26(22-33)40-31/h18,20,24-26,28-31,33-34,36-38H,3-17,19,21-23H2,1-2H3,(H,32,35)/b20-18+/t24-,25+,26+,28+,29?,30?,31+/m0/s1. The van der Waals surface area contributed by atoms with E-state index in [1.807, 2.05) is 6.08 Å². The molecule has 6 N–H and O–H groups in total. The summed E-state index contributed by atoms with van der Waals surface area (Å²) in [5.74, 6) is -0.187. The minimum absolute atomic E-state index is 0.186. The lowest BCUT2D eigenvalue weighted by atomic mass is 9.99. The third kappa shape index (κ3) is 15.8. The predicted octanol–water partition coefficient (Wildman–Crippen LogP) is 3.88. The van der Waals surface area contributed by atoms with E-state index in [-0.39, 0.29) is 12.5 Å². The summed E-state index contributed by atoms with van der Waals surface area (Å²) in [5, 5.41) is 53.4. The third-order valence-electron chi connectivity index (χ3n) is 7.61. The van der Waals surface area contributed by atoms with Crippen molar-refractivity contribution in [2.75, 3.05) is 13.2 Å². The lowest BCUT2D eigenvalue weighted by molar-refractivity contribution is -0.302. The van der Waals surface area contributed by atoms with Crippen molar-refractivity contribution < 1.29 is 39.8 Å². The highest BCUT2D eigenvalue weighted by molar-refractivity contribution is 5.76. The zero-order valence-electron chi connectivity index (χ0n) is 25.1. The first-order chi connectivity index (χ1) is 19.3. The van der Waals surface area contributed by atoms with Crippen LogP contribution in [-0.2, 0) is 14.3 Å². The topological polar surface area (TPSA) is 149 Å². The van der Waals surface area contributed by atoms with Crippen molar-refractivity contribution >= 4 is 5.91 Å². The van der Waals surface area contributed by atoms with Crippen molar-refractivity contribution in [3.8, 4) is 0 Å². The van der Waals surface area contributed by atoms with E-state index in [1.54, 1.807) is 6.08 Å². The number of carbonyl (C=O) groups is 1. The fraction of sp³-hybridized carbons (Fsp3) is 0.903. The van der Waals surface area contributed by atoms with Gasteiger partial charge in [0.25, 0.3) is 0 Å². The minimum Gasteiger partial charge on any atom is -0.394 e. The lowest BCUT2D eigenvalue weighted by Crippen LogP contribution is -2.60. The maximum absolute atomic E-state index is 12.7. The summed E-state index contributed by atoms with van der Waals surface area (Å²) in [6.45, 7) is 3.66. The number of carbonyl (C=O) groups excluding carboxylic acids is 1. The summed E-state index contributed by atoms with van der Waals surface area (Å²) in [7, 11) is 0.